The van der Waals surface area contributed by atoms with E-state index in [4.69, 9.17) is 9.26 Å². The lowest BCUT2D eigenvalue weighted by Crippen LogP contribution is -2.15. The monoisotopic (exact) mass is 423 g/mol. The first-order valence-corrected chi connectivity index (χ1v) is 10.2. The average molecular weight is 423 g/mol. The molecule has 0 unspecified atom stereocenters. The number of benzene rings is 1. The number of hydrogen-bond donors (Lipinski definition) is 1. The van der Waals surface area contributed by atoms with Crippen LogP contribution in [0.15, 0.2) is 40.4 Å². The fraction of sp³-hybridized carbons (Fsp3) is 0.238. The molecule has 0 radical (unpaired) electrons. The number of amides is 1. The van der Waals surface area contributed by atoms with Crippen molar-refractivity contribution in [1.29, 1.82) is 0 Å². The van der Waals surface area contributed by atoms with Crippen LogP contribution >= 0.6 is 11.3 Å². The highest BCUT2D eigenvalue weighted by Crippen LogP contribution is 2.26. The van der Waals surface area contributed by atoms with Gasteiger partial charge in [0.25, 0.3) is 5.91 Å². The highest BCUT2D eigenvalue weighted by molar-refractivity contribution is 7.14. The minimum atomic E-state index is -0.392. The second-order valence-corrected chi connectivity index (χ2v) is 7.81. The summed E-state index contributed by atoms with van der Waals surface area (Å²) >= 11 is 1.33. The fourth-order valence-corrected chi connectivity index (χ4v) is 3.78. The van der Waals surface area contributed by atoms with E-state index in [1.165, 1.54) is 11.3 Å². The maximum atomic E-state index is 12.8. The summed E-state index contributed by atoms with van der Waals surface area (Å²) in [6, 6.07) is 7.82. The number of carbonyl (C=O) groups is 1. The van der Waals surface area contributed by atoms with Gasteiger partial charge >= 0.3 is 0 Å². The number of anilines is 1. The summed E-state index contributed by atoms with van der Waals surface area (Å²) in [5.74, 6) is 0.907. The van der Waals surface area contributed by atoms with E-state index in [0.717, 1.165) is 28.3 Å². The van der Waals surface area contributed by atoms with Crippen LogP contribution in [0.4, 0.5) is 5.13 Å². The molecule has 3 heterocycles. The molecule has 0 aliphatic rings. The molecular weight excluding hydrogens is 402 g/mol. The van der Waals surface area contributed by atoms with Crippen molar-refractivity contribution >= 4 is 22.4 Å². The Morgan fingerprint density at radius 2 is 2.10 bits per heavy atom. The zero-order valence-electron chi connectivity index (χ0n) is 17.1. The van der Waals surface area contributed by atoms with E-state index >= 15 is 0 Å². The molecule has 1 amide bonds. The topological polar surface area (TPSA) is 95.1 Å². The molecule has 0 aliphatic heterocycles. The van der Waals surface area contributed by atoms with Crippen molar-refractivity contribution in [3.05, 3.63) is 64.0 Å². The second kappa shape index (κ2) is 8.11. The molecule has 0 aliphatic carbocycles. The summed E-state index contributed by atoms with van der Waals surface area (Å²) in [4.78, 5) is 17.3. The van der Waals surface area contributed by atoms with Crippen molar-refractivity contribution in [3.8, 4) is 17.1 Å². The molecule has 154 valence electrons. The van der Waals surface area contributed by atoms with E-state index < -0.39 is 5.91 Å². The van der Waals surface area contributed by atoms with E-state index in [0.29, 0.717) is 16.5 Å². The van der Waals surface area contributed by atoms with Crippen LogP contribution < -0.4 is 10.1 Å². The summed E-state index contributed by atoms with van der Waals surface area (Å²) < 4.78 is 12.9. The highest BCUT2D eigenvalue weighted by Gasteiger charge is 2.22. The van der Waals surface area contributed by atoms with Gasteiger partial charge in [-0.25, -0.2) is 4.98 Å². The molecule has 8 nitrogen and oxygen atoms in total. The standard InChI is InChI=1S/C21H21N5O3S/c1-12-5-6-18(13(2)9-12)28-10-15-14(3)29-25-19(15)20(27)24-21-23-16(11-30-21)17-7-8-22-26(17)4/h5-9,11H,10H2,1-4H3,(H,23,24,27). The molecule has 1 aromatic carbocycles. The predicted molar refractivity (Wildman–Crippen MR) is 114 cm³/mol. The fourth-order valence-electron chi connectivity index (χ4n) is 3.08. The van der Waals surface area contributed by atoms with Crippen LogP contribution in [0.25, 0.3) is 11.4 Å². The quantitative estimate of drug-likeness (QED) is 0.497. The zero-order valence-corrected chi connectivity index (χ0v) is 17.9. The van der Waals surface area contributed by atoms with Crippen LogP contribution in [-0.4, -0.2) is 25.8 Å². The van der Waals surface area contributed by atoms with Crippen LogP contribution in [0.2, 0.25) is 0 Å². The Labute approximate surface area is 177 Å². The Balaban J connectivity index is 1.49. The van der Waals surface area contributed by atoms with Crippen LogP contribution in [0.3, 0.4) is 0 Å². The third-order valence-corrected chi connectivity index (χ3v) is 5.47. The molecule has 0 saturated heterocycles. The van der Waals surface area contributed by atoms with Crippen molar-refractivity contribution in [2.45, 2.75) is 27.4 Å². The van der Waals surface area contributed by atoms with E-state index in [-0.39, 0.29) is 12.3 Å². The first kappa shape index (κ1) is 19.8. The molecular formula is C21H21N5O3S. The predicted octanol–water partition coefficient (Wildman–Crippen LogP) is 4.29. The van der Waals surface area contributed by atoms with Gasteiger partial charge in [-0.05, 0) is 38.5 Å². The van der Waals surface area contributed by atoms with E-state index in [1.807, 2.05) is 50.5 Å². The van der Waals surface area contributed by atoms with Crippen molar-refractivity contribution in [2.75, 3.05) is 5.32 Å². The number of hydrogen-bond acceptors (Lipinski definition) is 7. The lowest BCUT2D eigenvalue weighted by molar-refractivity contribution is 0.101. The second-order valence-electron chi connectivity index (χ2n) is 6.96. The van der Waals surface area contributed by atoms with E-state index in [1.54, 1.807) is 17.8 Å². The first-order valence-electron chi connectivity index (χ1n) is 9.33. The maximum absolute atomic E-state index is 12.8. The molecule has 30 heavy (non-hydrogen) atoms. The number of thiazole rings is 1. The van der Waals surface area contributed by atoms with E-state index in [9.17, 15) is 4.79 Å². The highest BCUT2D eigenvalue weighted by atomic mass is 32.1. The number of rotatable bonds is 6. The van der Waals surface area contributed by atoms with Crippen molar-refractivity contribution in [3.63, 3.8) is 0 Å². The number of carbonyl (C=O) groups excluding carboxylic acids is 1. The van der Waals surface area contributed by atoms with Crippen molar-refractivity contribution in [1.82, 2.24) is 19.9 Å². The number of ether oxygens (including phenoxy) is 1. The van der Waals surface area contributed by atoms with Gasteiger partial charge in [-0.15, -0.1) is 11.3 Å². The minimum absolute atomic E-state index is 0.181. The number of nitrogens with zero attached hydrogens (tertiary/aromatic N) is 4. The van der Waals surface area contributed by atoms with Gasteiger partial charge in [0, 0.05) is 18.6 Å². The van der Waals surface area contributed by atoms with Gasteiger partial charge in [-0.3, -0.25) is 14.8 Å². The lowest BCUT2D eigenvalue weighted by atomic mass is 10.1. The number of aryl methyl sites for hydroxylation is 4. The van der Waals surface area contributed by atoms with Gasteiger partial charge in [-0.2, -0.15) is 5.10 Å². The third-order valence-electron chi connectivity index (χ3n) is 4.71. The minimum Gasteiger partial charge on any atom is -0.488 e. The molecule has 0 atom stereocenters. The summed E-state index contributed by atoms with van der Waals surface area (Å²) in [6.07, 6.45) is 1.70. The molecule has 9 heteroatoms. The molecule has 0 saturated carbocycles. The van der Waals surface area contributed by atoms with Crippen LogP contribution in [0.1, 0.15) is 32.9 Å². The zero-order chi connectivity index (χ0) is 21.3. The normalized spacial score (nSPS) is 10.9. The van der Waals surface area contributed by atoms with Gasteiger partial charge in [0.2, 0.25) is 0 Å². The summed E-state index contributed by atoms with van der Waals surface area (Å²) in [5, 5.41) is 13.2. The smallest absolute Gasteiger partial charge is 0.280 e. The molecule has 4 aromatic rings. The summed E-state index contributed by atoms with van der Waals surface area (Å²) in [6.45, 7) is 5.95. The molecule has 3 aromatic heterocycles. The number of nitrogens with one attached hydrogen (secondary N) is 1. The Kier molecular flexibility index (Phi) is 5.37. The lowest BCUT2D eigenvalue weighted by Gasteiger charge is -2.10. The third kappa shape index (κ3) is 3.97. The Morgan fingerprint density at radius 3 is 2.83 bits per heavy atom. The largest absolute Gasteiger partial charge is 0.488 e. The summed E-state index contributed by atoms with van der Waals surface area (Å²) in [5.41, 5.74) is 4.60. The first-order chi connectivity index (χ1) is 14.4. The molecule has 1 N–H and O–H groups in total. The average Bonchev–Trinajstić information content (AvgIpc) is 3.41. The molecule has 4 rings (SSSR count). The molecule has 0 spiro atoms. The summed E-state index contributed by atoms with van der Waals surface area (Å²) in [7, 11) is 1.84. The van der Waals surface area contributed by atoms with Gasteiger partial charge < -0.3 is 9.26 Å². The van der Waals surface area contributed by atoms with Gasteiger partial charge in [0.05, 0.1) is 11.3 Å². The molecule has 0 fully saturated rings. The van der Waals surface area contributed by atoms with Crippen LogP contribution in [0.5, 0.6) is 5.75 Å². The van der Waals surface area contributed by atoms with Crippen LogP contribution in [-0.2, 0) is 13.7 Å². The van der Waals surface area contributed by atoms with Crippen molar-refractivity contribution < 1.29 is 14.1 Å². The molecule has 0 bridgehead atoms. The maximum Gasteiger partial charge on any atom is 0.280 e. The van der Waals surface area contributed by atoms with E-state index in [2.05, 4.69) is 20.6 Å². The Bertz CT molecular complexity index is 1210. The van der Waals surface area contributed by atoms with Gasteiger partial charge in [0.15, 0.2) is 10.8 Å². The van der Waals surface area contributed by atoms with Gasteiger partial charge in [0.1, 0.15) is 23.8 Å². The Hall–Kier alpha value is -3.46. The van der Waals surface area contributed by atoms with Crippen LogP contribution in [0, 0.1) is 20.8 Å². The van der Waals surface area contributed by atoms with Crippen molar-refractivity contribution in [2.24, 2.45) is 7.05 Å². The number of aromatic nitrogens is 4. The SMILES string of the molecule is Cc1ccc(OCc2c(C(=O)Nc3nc(-c4ccnn4C)cs3)noc2C)c(C)c1. The van der Waals surface area contributed by atoms with Gasteiger partial charge in [-0.1, -0.05) is 22.9 Å². The Morgan fingerprint density at radius 1 is 1.27 bits per heavy atom.